The smallest absolute Gasteiger partial charge is 0.192 e. The van der Waals surface area contributed by atoms with Crippen molar-refractivity contribution in [3.05, 3.63) is 29.7 Å². The quantitative estimate of drug-likeness (QED) is 0.865. The van der Waals surface area contributed by atoms with Crippen LogP contribution in [-0.2, 0) is 0 Å². The summed E-state index contributed by atoms with van der Waals surface area (Å²) in [5, 5.41) is 6.80. The zero-order chi connectivity index (χ0) is 13.5. The van der Waals surface area contributed by atoms with Crippen molar-refractivity contribution in [2.24, 2.45) is 5.41 Å². The van der Waals surface area contributed by atoms with Gasteiger partial charge in [0.2, 0.25) is 0 Å². The van der Waals surface area contributed by atoms with Crippen LogP contribution in [0.2, 0.25) is 0 Å². The number of aromatic nitrogens is 1. The SMILES string of the molecule is CNCC1(C(NC)c2ccc3oc(C)nc3c2)CC1. The molecule has 1 unspecified atom stereocenters. The van der Waals surface area contributed by atoms with E-state index < -0.39 is 0 Å². The van der Waals surface area contributed by atoms with E-state index in [0.29, 0.717) is 11.5 Å². The lowest BCUT2D eigenvalue weighted by molar-refractivity contribution is 0.347. The van der Waals surface area contributed by atoms with E-state index in [0.717, 1.165) is 23.5 Å². The molecule has 0 aliphatic heterocycles. The van der Waals surface area contributed by atoms with E-state index in [4.69, 9.17) is 4.42 Å². The van der Waals surface area contributed by atoms with Gasteiger partial charge in [0.25, 0.3) is 0 Å². The summed E-state index contributed by atoms with van der Waals surface area (Å²) in [5.41, 5.74) is 3.48. The Balaban J connectivity index is 1.97. The molecule has 0 amide bonds. The highest BCUT2D eigenvalue weighted by Gasteiger charge is 2.48. The summed E-state index contributed by atoms with van der Waals surface area (Å²) < 4.78 is 5.54. The first kappa shape index (κ1) is 12.6. The fourth-order valence-electron chi connectivity index (χ4n) is 3.15. The number of hydrogen-bond acceptors (Lipinski definition) is 4. The summed E-state index contributed by atoms with van der Waals surface area (Å²) in [6.07, 6.45) is 2.55. The number of benzene rings is 1. The average molecular weight is 259 g/mol. The third-order valence-corrected chi connectivity index (χ3v) is 4.17. The van der Waals surface area contributed by atoms with Gasteiger partial charge in [-0.05, 0) is 44.6 Å². The molecular formula is C15H21N3O. The van der Waals surface area contributed by atoms with E-state index in [9.17, 15) is 0 Å². The molecule has 0 bridgehead atoms. The molecule has 0 spiro atoms. The van der Waals surface area contributed by atoms with Crippen LogP contribution in [0.1, 0.15) is 30.3 Å². The molecule has 2 aromatic rings. The highest BCUT2D eigenvalue weighted by atomic mass is 16.3. The van der Waals surface area contributed by atoms with Gasteiger partial charge in [0.05, 0.1) is 0 Å². The van der Waals surface area contributed by atoms with Crippen LogP contribution in [-0.4, -0.2) is 25.6 Å². The lowest BCUT2D eigenvalue weighted by Crippen LogP contribution is -2.33. The van der Waals surface area contributed by atoms with Gasteiger partial charge in [-0.15, -0.1) is 0 Å². The second-order valence-electron chi connectivity index (χ2n) is 5.57. The molecule has 2 N–H and O–H groups in total. The van der Waals surface area contributed by atoms with Crippen LogP contribution < -0.4 is 10.6 Å². The van der Waals surface area contributed by atoms with Crippen molar-refractivity contribution in [2.45, 2.75) is 25.8 Å². The summed E-state index contributed by atoms with van der Waals surface area (Å²) in [5.74, 6) is 0.726. The third-order valence-electron chi connectivity index (χ3n) is 4.17. The molecule has 1 saturated carbocycles. The number of oxazole rings is 1. The van der Waals surface area contributed by atoms with Gasteiger partial charge in [0.15, 0.2) is 11.5 Å². The lowest BCUT2D eigenvalue weighted by atomic mass is 9.90. The minimum Gasteiger partial charge on any atom is -0.441 e. The number of nitrogens with zero attached hydrogens (tertiary/aromatic N) is 1. The van der Waals surface area contributed by atoms with E-state index in [2.05, 4.69) is 27.8 Å². The van der Waals surface area contributed by atoms with E-state index in [1.54, 1.807) is 0 Å². The van der Waals surface area contributed by atoms with Crippen LogP contribution in [0.5, 0.6) is 0 Å². The van der Waals surface area contributed by atoms with Gasteiger partial charge in [-0.3, -0.25) is 0 Å². The van der Waals surface area contributed by atoms with E-state index in [1.807, 2.05) is 27.1 Å². The Morgan fingerprint density at radius 2 is 2.16 bits per heavy atom. The fraction of sp³-hybridized carbons (Fsp3) is 0.533. The van der Waals surface area contributed by atoms with Crippen LogP contribution in [0.15, 0.2) is 22.6 Å². The van der Waals surface area contributed by atoms with Crippen molar-refractivity contribution in [3.8, 4) is 0 Å². The summed E-state index contributed by atoms with van der Waals surface area (Å²) in [6, 6.07) is 6.72. The number of aryl methyl sites for hydroxylation is 1. The van der Waals surface area contributed by atoms with Gasteiger partial charge in [-0.25, -0.2) is 4.98 Å². The number of fused-ring (bicyclic) bond motifs is 1. The zero-order valence-corrected chi connectivity index (χ0v) is 11.8. The van der Waals surface area contributed by atoms with Crippen LogP contribution >= 0.6 is 0 Å². The normalized spacial score (nSPS) is 18.7. The van der Waals surface area contributed by atoms with Gasteiger partial charge in [0.1, 0.15) is 5.52 Å². The topological polar surface area (TPSA) is 50.1 Å². The Bertz CT molecular complexity index is 586. The minimum atomic E-state index is 0.357. The standard InChI is InChI=1S/C15H21N3O/c1-10-18-12-8-11(4-5-13(12)19-10)14(17-3)15(6-7-15)9-16-2/h4-5,8,14,16-17H,6-7,9H2,1-3H3. The molecule has 19 heavy (non-hydrogen) atoms. The summed E-state index contributed by atoms with van der Waals surface area (Å²) >= 11 is 0. The largest absolute Gasteiger partial charge is 0.441 e. The summed E-state index contributed by atoms with van der Waals surface area (Å²) in [6.45, 7) is 2.94. The number of rotatable bonds is 5. The van der Waals surface area contributed by atoms with E-state index in [1.165, 1.54) is 18.4 Å². The van der Waals surface area contributed by atoms with Crippen molar-refractivity contribution in [1.82, 2.24) is 15.6 Å². The van der Waals surface area contributed by atoms with Gasteiger partial charge in [-0.2, -0.15) is 0 Å². The second kappa shape index (κ2) is 4.62. The van der Waals surface area contributed by atoms with E-state index in [-0.39, 0.29) is 0 Å². The van der Waals surface area contributed by atoms with Crippen molar-refractivity contribution in [3.63, 3.8) is 0 Å². The van der Waals surface area contributed by atoms with Gasteiger partial charge in [-0.1, -0.05) is 6.07 Å². The molecule has 1 aromatic heterocycles. The number of hydrogen-bond donors (Lipinski definition) is 2. The molecule has 1 fully saturated rings. The Morgan fingerprint density at radius 3 is 2.79 bits per heavy atom. The third kappa shape index (κ3) is 2.15. The van der Waals surface area contributed by atoms with Crippen molar-refractivity contribution in [1.29, 1.82) is 0 Å². The minimum absolute atomic E-state index is 0.357. The van der Waals surface area contributed by atoms with Gasteiger partial charge in [0, 0.05) is 24.9 Å². The maximum absolute atomic E-state index is 5.54. The molecule has 4 heteroatoms. The van der Waals surface area contributed by atoms with Crippen LogP contribution in [0.3, 0.4) is 0 Å². The van der Waals surface area contributed by atoms with Crippen LogP contribution in [0, 0.1) is 12.3 Å². The fourth-order valence-corrected chi connectivity index (χ4v) is 3.15. The molecule has 1 aliphatic rings. The van der Waals surface area contributed by atoms with Crippen molar-refractivity contribution >= 4 is 11.1 Å². The lowest BCUT2D eigenvalue weighted by Gasteiger charge is -2.27. The van der Waals surface area contributed by atoms with Gasteiger partial charge >= 0.3 is 0 Å². The molecule has 1 aliphatic carbocycles. The summed E-state index contributed by atoms with van der Waals surface area (Å²) in [4.78, 5) is 4.43. The zero-order valence-electron chi connectivity index (χ0n) is 11.8. The Morgan fingerprint density at radius 1 is 1.37 bits per heavy atom. The molecule has 4 nitrogen and oxygen atoms in total. The van der Waals surface area contributed by atoms with Crippen LogP contribution in [0.25, 0.3) is 11.1 Å². The molecule has 1 atom stereocenters. The first-order valence-corrected chi connectivity index (χ1v) is 6.87. The summed E-state index contributed by atoms with van der Waals surface area (Å²) in [7, 11) is 4.07. The Labute approximate surface area is 113 Å². The first-order chi connectivity index (χ1) is 9.18. The first-order valence-electron chi connectivity index (χ1n) is 6.87. The predicted octanol–water partition coefficient (Wildman–Crippen LogP) is 2.40. The molecule has 102 valence electrons. The van der Waals surface area contributed by atoms with Crippen molar-refractivity contribution < 1.29 is 4.42 Å². The monoisotopic (exact) mass is 259 g/mol. The molecule has 0 radical (unpaired) electrons. The molecule has 1 heterocycles. The molecular weight excluding hydrogens is 238 g/mol. The Hall–Kier alpha value is -1.39. The molecule has 0 saturated heterocycles. The second-order valence-corrected chi connectivity index (χ2v) is 5.57. The Kier molecular flexibility index (Phi) is 3.07. The highest BCUT2D eigenvalue weighted by molar-refractivity contribution is 5.73. The molecule has 1 aromatic carbocycles. The predicted molar refractivity (Wildman–Crippen MR) is 76.1 cm³/mol. The average Bonchev–Trinajstić information content (AvgIpc) is 3.04. The van der Waals surface area contributed by atoms with E-state index >= 15 is 0 Å². The maximum Gasteiger partial charge on any atom is 0.192 e. The van der Waals surface area contributed by atoms with Gasteiger partial charge < -0.3 is 15.1 Å². The van der Waals surface area contributed by atoms with Crippen LogP contribution in [0.4, 0.5) is 0 Å². The number of nitrogens with one attached hydrogen (secondary N) is 2. The van der Waals surface area contributed by atoms with Crippen molar-refractivity contribution in [2.75, 3.05) is 20.6 Å². The maximum atomic E-state index is 5.54. The highest BCUT2D eigenvalue weighted by Crippen LogP contribution is 2.54. The molecule has 3 rings (SSSR count).